The Kier molecular flexibility index (Phi) is 5.54. The van der Waals surface area contributed by atoms with Crippen molar-refractivity contribution in [1.29, 1.82) is 0 Å². The molecule has 0 aliphatic carbocycles. The molecular weight excluding hydrogens is 372 g/mol. The molecule has 0 radical (unpaired) electrons. The van der Waals surface area contributed by atoms with Crippen molar-refractivity contribution in [2.75, 3.05) is 6.61 Å². The largest absolute Gasteiger partial charge is 0.464 e. The van der Waals surface area contributed by atoms with Gasteiger partial charge >= 0.3 is 5.97 Å². The smallest absolute Gasteiger partial charge is 0.328 e. The summed E-state index contributed by atoms with van der Waals surface area (Å²) in [5.41, 5.74) is 1.27. The zero-order chi connectivity index (χ0) is 18.7. The number of carbonyl (C=O) groups is 2. The van der Waals surface area contributed by atoms with Crippen LogP contribution in [0.5, 0.6) is 0 Å². The van der Waals surface area contributed by atoms with Gasteiger partial charge in [0.2, 0.25) is 0 Å². The lowest BCUT2D eigenvalue weighted by Gasteiger charge is -2.13. The summed E-state index contributed by atoms with van der Waals surface area (Å²) in [6, 6.07) is 13.6. The predicted octanol–water partition coefficient (Wildman–Crippen LogP) is 4.22. The number of hydrogen-bond acceptors (Lipinski definition) is 4. The number of rotatable bonds is 4. The SMILES string of the molecule is CCOC(=O)C(C)n1c(=NC(=O)c2ccc(Cl)cc2)sc2ccccc21. The minimum absolute atomic E-state index is 0.294. The Bertz CT molecular complexity index is 1020. The molecule has 3 aromatic rings. The van der Waals surface area contributed by atoms with Crippen molar-refractivity contribution in [2.24, 2.45) is 4.99 Å². The van der Waals surface area contributed by atoms with Crippen molar-refractivity contribution in [1.82, 2.24) is 4.57 Å². The van der Waals surface area contributed by atoms with Crippen LogP contribution < -0.4 is 4.80 Å². The maximum Gasteiger partial charge on any atom is 0.328 e. The van der Waals surface area contributed by atoms with E-state index in [0.717, 1.165) is 10.2 Å². The van der Waals surface area contributed by atoms with E-state index < -0.39 is 11.9 Å². The lowest BCUT2D eigenvalue weighted by molar-refractivity contribution is -0.146. The number of halogens is 1. The number of hydrogen-bond donors (Lipinski definition) is 0. The highest BCUT2D eigenvalue weighted by Gasteiger charge is 2.20. The number of ether oxygens (including phenoxy) is 1. The van der Waals surface area contributed by atoms with Gasteiger partial charge in [0.1, 0.15) is 6.04 Å². The van der Waals surface area contributed by atoms with Crippen LogP contribution in [-0.4, -0.2) is 23.1 Å². The summed E-state index contributed by atoms with van der Waals surface area (Å²) in [5.74, 6) is -0.755. The zero-order valence-electron chi connectivity index (χ0n) is 14.3. The first kappa shape index (κ1) is 18.4. The summed E-state index contributed by atoms with van der Waals surface area (Å²) < 4.78 is 7.82. The van der Waals surface area contributed by atoms with Crippen LogP contribution in [0, 0.1) is 0 Å². The molecule has 0 saturated carbocycles. The fraction of sp³-hybridized carbons (Fsp3) is 0.211. The van der Waals surface area contributed by atoms with Gasteiger partial charge in [-0.25, -0.2) is 4.79 Å². The first-order valence-electron chi connectivity index (χ1n) is 8.12. The molecule has 0 aliphatic rings. The summed E-state index contributed by atoms with van der Waals surface area (Å²) in [6.07, 6.45) is 0. The number of esters is 1. The Hall–Kier alpha value is -2.44. The lowest BCUT2D eigenvalue weighted by atomic mass is 10.2. The van der Waals surface area contributed by atoms with E-state index in [-0.39, 0.29) is 5.97 Å². The third-order valence-electron chi connectivity index (χ3n) is 3.84. The molecular formula is C19H17ClN2O3S. The van der Waals surface area contributed by atoms with Gasteiger partial charge in [-0.3, -0.25) is 4.79 Å². The average molecular weight is 389 g/mol. The molecule has 26 heavy (non-hydrogen) atoms. The molecule has 0 bridgehead atoms. The Morgan fingerprint density at radius 2 is 1.88 bits per heavy atom. The Morgan fingerprint density at radius 1 is 1.19 bits per heavy atom. The summed E-state index contributed by atoms with van der Waals surface area (Å²) in [6.45, 7) is 3.79. The first-order valence-corrected chi connectivity index (χ1v) is 9.32. The molecule has 3 rings (SSSR count). The van der Waals surface area contributed by atoms with E-state index in [1.54, 1.807) is 42.7 Å². The third-order valence-corrected chi connectivity index (χ3v) is 5.12. The van der Waals surface area contributed by atoms with Crippen molar-refractivity contribution in [3.05, 3.63) is 63.9 Å². The molecule has 2 aromatic carbocycles. The predicted molar refractivity (Wildman–Crippen MR) is 103 cm³/mol. The quantitative estimate of drug-likeness (QED) is 0.628. The van der Waals surface area contributed by atoms with E-state index in [1.807, 2.05) is 24.3 Å². The number of amides is 1. The van der Waals surface area contributed by atoms with E-state index in [4.69, 9.17) is 16.3 Å². The third kappa shape index (κ3) is 3.71. The first-order chi connectivity index (χ1) is 12.5. The number of benzene rings is 2. The standard InChI is InChI=1S/C19H17ClN2O3S/c1-3-25-18(24)12(2)22-15-6-4-5-7-16(15)26-19(22)21-17(23)13-8-10-14(20)11-9-13/h4-12H,3H2,1-2H3. The molecule has 0 fully saturated rings. The van der Waals surface area contributed by atoms with Crippen LogP contribution in [0.3, 0.4) is 0 Å². The van der Waals surface area contributed by atoms with Crippen molar-refractivity contribution in [3.8, 4) is 0 Å². The number of thiazole rings is 1. The summed E-state index contributed by atoms with van der Waals surface area (Å²) in [4.78, 5) is 29.5. The molecule has 1 heterocycles. The normalized spacial score (nSPS) is 13.0. The molecule has 0 aliphatic heterocycles. The van der Waals surface area contributed by atoms with Crippen molar-refractivity contribution in [3.63, 3.8) is 0 Å². The monoisotopic (exact) mass is 388 g/mol. The average Bonchev–Trinajstić information content (AvgIpc) is 2.99. The molecule has 0 saturated heterocycles. The lowest BCUT2D eigenvalue weighted by Crippen LogP contribution is -2.27. The van der Waals surface area contributed by atoms with Gasteiger partial charge in [0.25, 0.3) is 5.91 Å². The van der Waals surface area contributed by atoms with Gasteiger partial charge < -0.3 is 9.30 Å². The molecule has 0 N–H and O–H groups in total. The molecule has 0 spiro atoms. The minimum atomic E-state index is -0.595. The van der Waals surface area contributed by atoms with Gasteiger partial charge in [-0.05, 0) is 50.2 Å². The highest BCUT2D eigenvalue weighted by molar-refractivity contribution is 7.16. The number of nitrogens with zero attached hydrogens (tertiary/aromatic N) is 2. The maximum absolute atomic E-state index is 12.5. The van der Waals surface area contributed by atoms with Gasteiger partial charge in [0, 0.05) is 10.6 Å². The van der Waals surface area contributed by atoms with Crippen LogP contribution in [0.25, 0.3) is 10.2 Å². The number of aromatic nitrogens is 1. The Balaban J connectivity index is 2.12. The molecule has 134 valence electrons. The fourth-order valence-corrected chi connectivity index (χ4v) is 3.78. The number of para-hydroxylation sites is 1. The second-order valence-electron chi connectivity index (χ2n) is 5.57. The molecule has 1 aromatic heterocycles. The Labute approximate surface area is 159 Å². The van der Waals surface area contributed by atoms with Gasteiger partial charge in [0.05, 0.1) is 16.8 Å². The van der Waals surface area contributed by atoms with Gasteiger partial charge in [-0.2, -0.15) is 4.99 Å². The van der Waals surface area contributed by atoms with Gasteiger partial charge in [-0.15, -0.1) is 0 Å². The second-order valence-corrected chi connectivity index (χ2v) is 7.02. The van der Waals surface area contributed by atoms with Crippen molar-refractivity contribution < 1.29 is 14.3 Å². The van der Waals surface area contributed by atoms with Crippen LogP contribution in [0.4, 0.5) is 0 Å². The van der Waals surface area contributed by atoms with Crippen LogP contribution in [0.1, 0.15) is 30.2 Å². The fourth-order valence-electron chi connectivity index (χ4n) is 2.56. The molecule has 5 nitrogen and oxygen atoms in total. The highest BCUT2D eigenvalue weighted by atomic mass is 35.5. The highest BCUT2D eigenvalue weighted by Crippen LogP contribution is 2.21. The van der Waals surface area contributed by atoms with Crippen LogP contribution >= 0.6 is 22.9 Å². The maximum atomic E-state index is 12.5. The van der Waals surface area contributed by atoms with Crippen LogP contribution in [-0.2, 0) is 9.53 Å². The molecule has 1 amide bonds. The summed E-state index contributed by atoms with van der Waals surface area (Å²) in [7, 11) is 0. The van der Waals surface area contributed by atoms with E-state index in [0.29, 0.717) is 22.0 Å². The zero-order valence-corrected chi connectivity index (χ0v) is 15.9. The van der Waals surface area contributed by atoms with Crippen LogP contribution in [0.15, 0.2) is 53.5 Å². The summed E-state index contributed by atoms with van der Waals surface area (Å²) >= 11 is 7.22. The minimum Gasteiger partial charge on any atom is -0.464 e. The molecule has 1 unspecified atom stereocenters. The number of fused-ring (bicyclic) bond motifs is 1. The second kappa shape index (κ2) is 7.85. The Morgan fingerprint density at radius 3 is 2.58 bits per heavy atom. The van der Waals surface area contributed by atoms with Gasteiger partial charge in [0.15, 0.2) is 4.80 Å². The van der Waals surface area contributed by atoms with Crippen LogP contribution in [0.2, 0.25) is 5.02 Å². The van der Waals surface area contributed by atoms with E-state index in [1.165, 1.54) is 11.3 Å². The van der Waals surface area contributed by atoms with Gasteiger partial charge in [-0.1, -0.05) is 35.1 Å². The molecule has 1 atom stereocenters. The number of carbonyl (C=O) groups excluding carboxylic acids is 2. The summed E-state index contributed by atoms with van der Waals surface area (Å²) in [5, 5.41) is 0.550. The topological polar surface area (TPSA) is 60.7 Å². The van der Waals surface area contributed by atoms with E-state index >= 15 is 0 Å². The van der Waals surface area contributed by atoms with Crippen molar-refractivity contribution in [2.45, 2.75) is 19.9 Å². The van der Waals surface area contributed by atoms with E-state index in [9.17, 15) is 9.59 Å². The van der Waals surface area contributed by atoms with Crippen molar-refractivity contribution >= 4 is 45.0 Å². The van der Waals surface area contributed by atoms with E-state index in [2.05, 4.69) is 4.99 Å². The molecule has 7 heteroatoms.